The number of fused-ring (bicyclic) bond motifs is 1. The zero-order chi connectivity index (χ0) is 9.26. The SMILES string of the molecule is O=S([O-])c1nccc2ccccc12.[Li+]. The van der Waals surface area contributed by atoms with Gasteiger partial charge in [0.05, 0.1) is 0 Å². The summed E-state index contributed by atoms with van der Waals surface area (Å²) in [6.07, 6.45) is 1.49. The Morgan fingerprint density at radius 2 is 1.93 bits per heavy atom. The summed E-state index contributed by atoms with van der Waals surface area (Å²) < 4.78 is 21.5. The number of hydrogen-bond donors (Lipinski definition) is 0. The van der Waals surface area contributed by atoms with Crippen LogP contribution in [0.15, 0.2) is 41.6 Å². The Bertz CT molecular complexity index is 470. The van der Waals surface area contributed by atoms with E-state index >= 15 is 0 Å². The molecule has 0 N–H and O–H groups in total. The minimum atomic E-state index is -2.26. The summed E-state index contributed by atoms with van der Waals surface area (Å²) in [6.45, 7) is 0. The minimum Gasteiger partial charge on any atom is -0.767 e. The van der Waals surface area contributed by atoms with Gasteiger partial charge in [-0.25, -0.2) is 4.98 Å². The summed E-state index contributed by atoms with van der Waals surface area (Å²) in [5.41, 5.74) is 0. The molecule has 1 aromatic heterocycles. The molecule has 0 aliphatic carbocycles. The third kappa shape index (κ3) is 2.05. The van der Waals surface area contributed by atoms with E-state index in [0.29, 0.717) is 5.39 Å². The molecule has 0 aliphatic rings. The van der Waals surface area contributed by atoms with E-state index in [0.717, 1.165) is 5.39 Å². The van der Waals surface area contributed by atoms with Crippen LogP contribution in [0.25, 0.3) is 10.8 Å². The van der Waals surface area contributed by atoms with Crippen LogP contribution in [0.5, 0.6) is 0 Å². The Morgan fingerprint density at radius 1 is 1.21 bits per heavy atom. The second kappa shape index (κ2) is 4.72. The number of aromatic nitrogens is 1. The van der Waals surface area contributed by atoms with E-state index in [4.69, 9.17) is 0 Å². The summed E-state index contributed by atoms with van der Waals surface area (Å²) in [7, 11) is 0. The first kappa shape index (κ1) is 11.4. The van der Waals surface area contributed by atoms with Crippen LogP contribution in [0, 0.1) is 0 Å². The predicted octanol–water partition coefficient (Wildman–Crippen LogP) is -1.52. The van der Waals surface area contributed by atoms with Crippen molar-refractivity contribution in [3.8, 4) is 0 Å². The van der Waals surface area contributed by atoms with E-state index in [2.05, 4.69) is 4.98 Å². The summed E-state index contributed by atoms with van der Waals surface area (Å²) in [5, 5.41) is 1.66. The van der Waals surface area contributed by atoms with Crippen molar-refractivity contribution in [2.75, 3.05) is 0 Å². The van der Waals surface area contributed by atoms with Crippen LogP contribution >= 0.6 is 0 Å². The molecule has 0 saturated carbocycles. The number of nitrogens with zero attached hydrogens (tertiary/aromatic N) is 1. The summed E-state index contributed by atoms with van der Waals surface area (Å²) in [4.78, 5) is 3.79. The normalized spacial score (nSPS) is 12.1. The van der Waals surface area contributed by atoms with Crippen LogP contribution in [0.4, 0.5) is 0 Å². The second-order valence-electron chi connectivity index (χ2n) is 2.57. The van der Waals surface area contributed by atoms with Crippen LogP contribution in [0.1, 0.15) is 0 Å². The van der Waals surface area contributed by atoms with Crippen molar-refractivity contribution in [3.63, 3.8) is 0 Å². The topological polar surface area (TPSA) is 53.0 Å². The monoisotopic (exact) mass is 199 g/mol. The quantitative estimate of drug-likeness (QED) is 0.414. The van der Waals surface area contributed by atoms with Gasteiger partial charge in [-0.15, -0.1) is 0 Å². The predicted molar refractivity (Wildman–Crippen MR) is 48.9 cm³/mol. The third-order valence-corrected chi connectivity index (χ3v) is 2.44. The van der Waals surface area contributed by atoms with E-state index < -0.39 is 11.1 Å². The minimum absolute atomic E-state index is 0. The molecule has 0 bridgehead atoms. The molecule has 0 saturated heterocycles. The largest absolute Gasteiger partial charge is 1.00 e. The van der Waals surface area contributed by atoms with Crippen molar-refractivity contribution in [1.82, 2.24) is 4.98 Å². The van der Waals surface area contributed by atoms with E-state index in [1.54, 1.807) is 18.2 Å². The molecule has 14 heavy (non-hydrogen) atoms. The molecular formula is C9H6LiNO2S. The molecule has 2 aromatic rings. The van der Waals surface area contributed by atoms with Gasteiger partial charge in [-0.2, -0.15) is 0 Å². The molecule has 0 spiro atoms. The van der Waals surface area contributed by atoms with E-state index in [-0.39, 0.29) is 23.9 Å². The van der Waals surface area contributed by atoms with E-state index in [9.17, 15) is 8.76 Å². The van der Waals surface area contributed by atoms with Crippen molar-refractivity contribution >= 4 is 21.9 Å². The molecule has 1 aromatic carbocycles. The van der Waals surface area contributed by atoms with Gasteiger partial charge in [0.15, 0.2) is 0 Å². The first-order valence-electron chi connectivity index (χ1n) is 3.72. The van der Waals surface area contributed by atoms with Gasteiger partial charge in [-0.3, -0.25) is 4.21 Å². The Kier molecular flexibility index (Phi) is 3.84. The van der Waals surface area contributed by atoms with Gasteiger partial charge in [0.1, 0.15) is 5.03 Å². The number of rotatable bonds is 1. The standard InChI is InChI=1S/C9H7NO2S.Li/c11-13(12)9-8-4-2-1-3-7(8)5-6-10-9;/h1-6H,(H,11,12);/q;+1/p-1. The Hall–Kier alpha value is -0.663. The van der Waals surface area contributed by atoms with Crippen LogP contribution < -0.4 is 18.9 Å². The second-order valence-corrected chi connectivity index (χ2v) is 3.43. The molecule has 66 valence electrons. The van der Waals surface area contributed by atoms with E-state index in [1.165, 1.54) is 6.20 Å². The zero-order valence-corrected chi connectivity index (χ0v) is 8.45. The molecular weight excluding hydrogens is 193 g/mol. The van der Waals surface area contributed by atoms with Gasteiger partial charge in [-0.05, 0) is 22.5 Å². The molecule has 1 heterocycles. The van der Waals surface area contributed by atoms with E-state index in [1.807, 2.05) is 12.1 Å². The van der Waals surface area contributed by atoms with Crippen LogP contribution in [0.2, 0.25) is 0 Å². The van der Waals surface area contributed by atoms with Crippen LogP contribution in [-0.2, 0) is 11.1 Å². The van der Waals surface area contributed by atoms with Gasteiger partial charge in [0.2, 0.25) is 0 Å². The number of hydrogen-bond acceptors (Lipinski definition) is 3. The van der Waals surface area contributed by atoms with Crippen LogP contribution in [0.3, 0.4) is 0 Å². The van der Waals surface area contributed by atoms with Gasteiger partial charge in [0, 0.05) is 11.6 Å². The van der Waals surface area contributed by atoms with Crippen LogP contribution in [-0.4, -0.2) is 13.7 Å². The van der Waals surface area contributed by atoms with Gasteiger partial charge < -0.3 is 4.55 Å². The smallest absolute Gasteiger partial charge is 0.767 e. The van der Waals surface area contributed by atoms with Gasteiger partial charge in [0.25, 0.3) is 0 Å². The fourth-order valence-electron chi connectivity index (χ4n) is 1.22. The van der Waals surface area contributed by atoms with Crippen molar-refractivity contribution in [2.45, 2.75) is 5.03 Å². The van der Waals surface area contributed by atoms with Gasteiger partial charge >= 0.3 is 18.9 Å². The molecule has 0 radical (unpaired) electrons. The maximum Gasteiger partial charge on any atom is 1.00 e. The number of pyridine rings is 1. The summed E-state index contributed by atoms with van der Waals surface area (Å²) in [5.74, 6) is 0. The van der Waals surface area contributed by atoms with Gasteiger partial charge in [-0.1, -0.05) is 24.3 Å². The molecule has 5 heteroatoms. The molecule has 3 nitrogen and oxygen atoms in total. The molecule has 0 amide bonds. The zero-order valence-electron chi connectivity index (χ0n) is 7.64. The summed E-state index contributed by atoms with van der Waals surface area (Å²) in [6, 6.07) is 9.03. The van der Waals surface area contributed by atoms with Crippen molar-refractivity contribution in [3.05, 3.63) is 36.5 Å². The Morgan fingerprint density at radius 3 is 2.64 bits per heavy atom. The molecule has 0 fully saturated rings. The first-order chi connectivity index (χ1) is 6.29. The number of benzene rings is 1. The fraction of sp³-hybridized carbons (Fsp3) is 0. The van der Waals surface area contributed by atoms with Crippen molar-refractivity contribution in [1.29, 1.82) is 0 Å². The van der Waals surface area contributed by atoms with Crippen molar-refractivity contribution in [2.24, 2.45) is 0 Å². The Balaban J connectivity index is 0.000000980. The first-order valence-corrected chi connectivity index (χ1v) is 4.79. The molecule has 1 unspecified atom stereocenters. The average Bonchev–Trinajstić information content (AvgIpc) is 2.17. The molecule has 0 aliphatic heterocycles. The van der Waals surface area contributed by atoms with Crippen molar-refractivity contribution < 1.29 is 27.6 Å². The molecule has 1 atom stereocenters. The molecule has 2 rings (SSSR count). The Labute approximate surface area is 96.0 Å². The average molecular weight is 199 g/mol. The summed E-state index contributed by atoms with van der Waals surface area (Å²) >= 11 is -2.26. The maximum atomic E-state index is 10.8. The maximum absolute atomic E-state index is 10.8. The third-order valence-electron chi connectivity index (χ3n) is 1.79. The fourth-order valence-corrected chi connectivity index (χ4v) is 1.74.